The van der Waals surface area contributed by atoms with E-state index in [-0.39, 0.29) is 24.0 Å². The van der Waals surface area contributed by atoms with E-state index in [1.54, 1.807) is 7.11 Å². The van der Waals surface area contributed by atoms with Crippen molar-refractivity contribution in [1.82, 2.24) is 10.6 Å². The van der Waals surface area contributed by atoms with Crippen molar-refractivity contribution in [2.45, 2.75) is 26.2 Å². The van der Waals surface area contributed by atoms with Crippen LogP contribution in [0.5, 0.6) is 5.75 Å². The number of hydrogen-bond acceptors (Lipinski definition) is 3. The number of nitrogens with one attached hydrogen (secondary N) is 2. The first-order valence-corrected chi connectivity index (χ1v) is 9.34. The summed E-state index contributed by atoms with van der Waals surface area (Å²) in [5.74, 6) is 3.07. The summed E-state index contributed by atoms with van der Waals surface area (Å²) in [6.07, 6.45) is 5.43. The van der Waals surface area contributed by atoms with Crippen molar-refractivity contribution in [2.75, 3.05) is 38.8 Å². The molecule has 23 heavy (non-hydrogen) atoms. The fourth-order valence-electron chi connectivity index (χ4n) is 2.12. The van der Waals surface area contributed by atoms with E-state index in [0.717, 1.165) is 44.2 Å². The summed E-state index contributed by atoms with van der Waals surface area (Å²) in [6, 6.07) is 8.14. The van der Waals surface area contributed by atoms with Crippen LogP contribution in [0.3, 0.4) is 0 Å². The fourth-order valence-corrected chi connectivity index (χ4v) is 2.61. The van der Waals surface area contributed by atoms with Crippen molar-refractivity contribution in [3.8, 4) is 5.75 Å². The van der Waals surface area contributed by atoms with Gasteiger partial charge in [-0.2, -0.15) is 11.8 Å². The molecular formula is C17H30IN3OS. The number of guanidine groups is 1. The second kappa shape index (κ2) is 14.9. The van der Waals surface area contributed by atoms with Gasteiger partial charge in [-0.25, -0.2) is 0 Å². The molecule has 0 fully saturated rings. The Balaban J connectivity index is 0.00000484. The van der Waals surface area contributed by atoms with Gasteiger partial charge < -0.3 is 15.4 Å². The largest absolute Gasteiger partial charge is 0.496 e. The number of aliphatic imine (C=N–C) groups is 1. The average molecular weight is 451 g/mol. The highest BCUT2D eigenvalue weighted by atomic mass is 127. The molecular weight excluding hydrogens is 421 g/mol. The summed E-state index contributed by atoms with van der Waals surface area (Å²) in [4.78, 5) is 4.61. The second-order valence-corrected chi connectivity index (χ2v) is 5.93. The smallest absolute Gasteiger partial charge is 0.191 e. The summed E-state index contributed by atoms with van der Waals surface area (Å²) < 4.78 is 5.38. The van der Waals surface area contributed by atoms with E-state index in [4.69, 9.17) is 4.74 Å². The first-order chi connectivity index (χ1) is 10.8. The van der Waals surface area contributed by atoms with Gasteiger partial charge in [-0.3, -0.25) is 4.99 Å². The molecule has 0 saturated heterocycles. The van der Waals surface area contributed by atoms with Gasteiger partial charge in [0, 0.05) is 19.6 Å². The van der Waals surface area contributed by atoms with Crippen LogP contribution in [-0.2, 0) is 6.42 Å². The molecule has 0 radical (unpaired) electrons. The lowest BCUT2D eigenvalue weighted by molar-refractivity contribution is 0.409. The quantitative estimate of drug-likeness (QED) is 0.247. The molecule has 0 atom stereocenters. The van der Waals surface area contributed by atoms with Crippen molar-refractivity contribution >= 4 is 41.7 Å². The van der Waals surface area contributed by atoms with Crippen LogP contribution in [0.1, 0.15) is 25.3 Å². The lowest BCUT2D eigenvalue weighted by Crippen LogP contribution is -2.38. The van der Waals surface area contributed by atoms with Crippen molar-refractivity contribution in [1.29, 1.82) is 0 Å². The van der Waals surface area contributed by atoms with Crippen molar-refractivity contribution < 1.29 is 4.74 Å². The van der Waals surface area contributed by atoms with E-state index in [1.165, 1.54) is 17.7 Å². The summed E-state index contributed by atoms with van der Waals surface area (Å²) in [5, 5.41) is 6.68. The van der Waals surface area contributed by atoms with Gasteiger partial charge in [0.05, 0.1) is 7.11 Å². The van der Waals surface area contributed by atoms with Crippen LogP contribution in [0.4, 0.5) is 0 Å². The molecule has 1 aromatic carbocycles. The van der Waals surface area contributed by atoms with Gasteiger partial charge >= 0.3 is 0 Å². The molecule has 0 unspecified atom stereocenters. The molecule has 0 heterocycles. The standard InChI is InChI=1S/C17H29N3OS.HI/c1-4-18-17(19-12-7-8-14-22-3)20-13-11-15-9-5-6-10-16(15)21-2;/h5-6,9-10H,4,7-8,11-14H2,1-3H3,(H2,18,19,20);1H. The summed E-state index contributed by atoms with van der Waals surface area (Å²) in [6.45, 7) is 4.69. The maximum absolute atomic E-state index is 5.38. The average Bonchev–Trinajstić information content (AvgIpc) is 2.55. The number of halogens is 1. The second-order valence-electron chi connectivity index (χ2n) is 4.95. The number of thioether (sulfide) groups is 1. The van der Waals surface area contributed by atoms with Crippen molar-refractivity contribution in [3.63, 3.8) is 0 Å². The zero-order valence-corrected chi connectivity index (χ0v) is 17.6. The Kier molecular flexibility index (Phi) is 14.5. The highest BCUT2D eigenvalue weighted by molar-refractivity contribution is 14.0. The number of nitrogens with zero attached hydrogens (tertiary/aromatic N) is 1. The van der Waals surface area contributed by atoms with E-state index in [2.05, 4.69) is 34.9 Å². The zero-order valence-electron chi connectivity index (χ0n) is 14.4. The lowest BCUT2D eigenvalue weighted by Gasteiger charge is -2.12. The lowest BCUT2D eigenvalue weighted by atomic mass is 10.1. The predicted molar refractivity (Wildman–Crippen MR) is 114 cm³/mol. The molecule has 132 valence electrons. The molecule has 0 aliphatic rings. The molecule has 4 nitrogen and oxygen atoms in total. The number of rotatable bonds is 10. The topological polar surface area (TPSA) is 45.7 Å². The fraction of sp³-hybridized carbons (Fsp3) is 0.588. The highest BCUT2D eigenvalue weighted by Crippen LogP contribution is 2.17. The Hall–Kier alpha value is -0.630. The third kappa shape index (κ3) is 9.96. The van der Waals surface area contributed by atoms with Crippen LogP contribution in [0.2, 0.25) is 0 Å². The minimum atomic E-state index is 0. The van der Waals surface area contributed by atoms with Gasteiger partial charge in [-0.05, 0) is 49.8 Å². The molecule has 0 aromatic heterocycles. The zero-order chi connectivity index (χ0) is 16.0. The van der Waals surface area contributed by atoms with Crippen LogP contribution in [0.15, 0.2) is 29.3 Å². The van der Waals surface area contributed by atoms with E-state index in [0.29, 0.717) is 0 Å². The predicted octanol–water partition coefficient (Wildman–Crippen LogP) is 3.55. The van der Waals surface area contributed by atoms with Crippen molar-refractivity contribution in [2.24, 2.45) is 4.99 Å². The van der Waals surface area contributed by atoms with Gasteiger partial charge in [0.1, 0.15) is 5.75 Å². The van der Waals surface area contributed by atoms with Gasteiger partial charge in [0.15, 0.2) is 5.96 Å². The monoisotopic (exact) mass is 451 g/mol. The van der Waals surface area contributed by atoms with Gasteiger partial charge in [-0.1, -0.05) is 18.2 Å². The molecule has 6 heteroatoms. The van der Waals surface area contributed by atoms with E-state index in [1.807, 2.05) is 30.0 Å². The number of benzene rings is 1. The Morgan fingerprint density at radius 3 is 2.70 bits per heavy atom. The van der Waals surface area contributed by atoms with Crippen LogP contribution < -0.4 is 15.4 Å². The third-order valence-corrected chi connectivity index (χ3v) is 3.95. The van der Waals surface area contributed by atoms with E-state index in [9.17, 15) is 0 Å². The molecule has 0 amide bonds. The normalized spacial score (nSPS) is 10.8. The minimum Gasteiger partial charge on any atom is -0.496 e. The van der Waals surface area contributed by atoms with E-state index >= 15 is 0 Å². The Labute approximate surface area is 162 Å². The maximum atomic E-state index is 5.38. The van der Waals surface area contributed by atoms with E-state index < -0.39 is 0 Å². The van der Waals surface area contributed by atoms with Crippen molar-refractivity contribution in [3.05, 3.63) is 29.8 Å². The Morgan fingerprint density at radius 1 is 1.22 bits per heavy atom. The Bertz CT molecular complexity index is 444. The van der Waals surface area contributed by atoms with Crippen LogP contribution in [-0.4, -0.2) is 44.7 Å². The first-order valence-electron chi connectivity index (χ1n) is 7.94. The molecule has 0 aliphatic heterocycles. The number of methoxy groups -OCH3 is 1. The van der Waals surface area contributed by atoms with Crippen LogP contribution in [0, 0.1) is 0 Å². The van der Waals surface area contributed by atoms with Crippen LogP contribution >= 0.6 is 35.7 Å². The maximum Gasteiger partial charge on any atom is 0.191 e. The number of para-hydroxylation sites is 1. The highest BCUT2D eigenvalue weighted by Gasteiger charge is 2.02. The van der Waals surface area contributed by atoms with Gasteiger partial charge in [0.2, 0.25) is 0 Å². The first kappa shape index (κ1) is 22.4. The molecule has 0 aliphatic carbocycles. The molecule has 0 saturated carbocycles. The summed E-state index contributed by atoms with van der Waals surface area (Å²) in [5.41, 5.74) is 1.22. The third-order valence-electron chi connectivity index (χ3n) is 3.25. The Morgan fingerprint density at radius 2 is 2.00 bits per heavy atom. The van der Waals surface area contributed by atoms with Crippen LogP contribution in [0.25, 0.3) is 0 Å². The van der Waals surface area contributed by atoms with Gasteiger partial charge in [-0.15, -0.1) is 24.0 Å². The molecule has 0 spiro atoms. The summed E-state index contributed by atoms with van der Waals surface area (Å²) >= 11 is 1.89. The van der Waals surface area contributed by atoms with Gasteiger partial charge in [0.25, 0.3) is 0 Å². The minimum absolute atomic E-state index is 0. The number of unbranched alkanes of at least 4 members (excludes halogenated alkanes) is 1. The molecule has 0 bridgehead atoms. The molecule has 2 N–H and O–H groups in total. The number of hydrogen-bond donors (Lipinski definition) is 2. The molecule has 1 aromatic rings. The SMILES string of the molecule is CCNC(=NCCCCSC)NCCc1ccccc1OC.I. The molecule has 1 rings (SSSR count). The summed E-state index contributed by atoms with van der Waals surface area (Å²) in [7, 11) is 1.71. The number of ether oxygens (including phenoxy) is 1.